The van der Waals surface area contributed by atoms with Gasteiger partial charge in [-0.3, -0.25) is 0 Å². The Balaban J connectivity index is 3.11. The van der Waals surface area contributed by atoms with E-state index in [4.69, 9.17) is 10.5 Å². The molecule has 4 heteroatoms. The molecule has 0 spiro atoms. The third kappa shape index (κ3) is 2.70. The van der Waals surface area contributed by atoms with E-state index in [-0.39, 0.29) is 11.8 Å². The average molecular weight is 209 g/mol. The number of phenolic OH excluding ortho intramolecular Hbond substituents is 1. The molecule has 0 fully saturated rings. The number of rotatable bonds is 4. The van der Waals surface area contributed by atoms with Gasteiger partial charge in [0, 0.05) is 12.1 Å². The number of phenols is 1. The largest absolute Gasteiger partial charge is 0.508 e. The summed E-state index contributed by atoms with van der Waals surface area (Å²) in [5.41, 5.74) is 6.33. The summed E-state index contributed by atoms with van der Waals surface area (Å²) in [7, 11) is 1.50. The number of carbonyl (C=O) groups excluding carboxylic acids is 1. The molecule has 82 valence electrons. The molecule has 0 aliphatic heterocycles. The zero-order valence-electron chi connectivity index (χ0n) is 8.81. The van der Waals surface area contributed by atoms with Gasteiger partial charge in [-0.25, -0.2) is 0 Å². The zero-order chi connectivity index (χ0) is 11.4. The molecule has 1 aromatic carbocycles. The number of aldehydes is 1. The summed E-state index contributed by atoms with van der Waals surface area (Å²) in [6.07, 6.45) is 0.777. The lowest BCUT2D eigenvalue weighted by Gasteiger charge is -2.15. The van der Waals surface area contributed by atoms with Crippen LogP contribution in [0.5, 0.6) is 11.5 Å². The molecule has 0 bridgehead atoms. The predicted octanol–water partition coefficient (Wildman–Crippen LogP) is 1.03. The summed E-state index contributed by atoms with van der Waals surface area (Å²) in [6, 6.07) is 4.40. The third-order valence-corrected chi connectivity index (χ3v) is 2.25. The summed E-state index contributed by atoms with van der Waals surface area (Å²) < 4.78 is 4.99. The van der Waals surface area contributed by atoms with Gasteiger partial charge < -0.3 is 20.4 Å². The molecule has 15 heavy (non-hydrogen) atoms. The van der Waals surface area contributed by atoms with Crippen LogP contribution in [-0.2, 0) is 4.79 Å². The van der Waals surface area contributed by atoms with Crippen LogP contribution < -0.4 is 10.5 Å². The molecule has 3 N–H and O–H groups in total. The Morgan fingerprint density at radius 3 is 2.60 bits per heavy atom. The highest BCUT2D eigenvalue weighted by atomic mass is 16.5. The van der Waals surface area contributed by atoms with Crippen molar-refractivity contribution >= 4 is 6.29 Å². The van der Waals surface area contributed by atoms with Gasteiger partial charge in [0.2, 0.25) is 0 Å². The maximum atomic E-state index is 10.9. The first-order chi connectivity index (χ1) is 7.08. The van der Waals surface area contributed by atoms with E-state index in [0.29, 0.717) is 11.3 Å². The van der Waals surface area contributed by atoms with Crippen molar-refractivity contribution < 1.29 is 14.6 Å². The van der Waals surface area contributed by atoms with Crippen LogP contribution in [0.25, 0.3) is 0 Å². The van der Waals surface area contributed by atoms with Gasteiger partial charge in [-0.05, 0) is 24.6 Å². The Bertz CT molecular complexity index is 350. The Labute approximate surface area is 88.7 Å². The van der Waals surface area contributed by atoms with Crippen LogP contribution in [0.3, 0.4) is 0 Å². The molecule has 0 saturated carbocycles. The molecule has 1 rings (SSSR count). The van der Waals surface area contributed by atoms with E-state index >= 15 is 0 Å². The Kier molecular flexibility index (Phi) is 3.68. The topological polar surface area (TPSA) is 72.5 Å². The minimum atomic E-state index is -0.425. The molecule has 2 unspecified atom stereocenters. The Morgan fingerprint density at radius 1 is 1.47 bits per heavy atom. The van der Waals surface area contributed by atoms with E-state index in [1.807, 2.05) is 0 Å². The SMILES string of the molecule is COc1cc(O)cc(C(C=O)C(C)N)c1. The number of carbonyl (C=O) groups is 1. The van der Waals surface area contributed by atoms with Crippen LogP contribution in [0.1, 0.15) is 18.4 Å². The monoisotopic (exact) mass is 209 g/mol. The molecule has 0 radical (unpaired) electrons. The smallest absolute Gasteiger partial charge is 0.129 e. The number of benzene rings is 1. The average Bonchev–Trinajstić information content (AvgIpc) is 2.17. The lowest BCUT2D eigenvalue weighted by molar-refractivity contribution is -0.109. The van der Waals surface area contributed by atoms with Gasteiger partial charge in [0.05, 0.1) is 13.0 Å². The Morgan fingerprint density at radius 2 is 2.13 bits per heavy atom. The van der Waals surface area contributed by atoms with Crippen LogP contribution in [0.15, 0.2) is 18.2 Å². The van der Waals surface area contributed by atoms with Crippen molar-refractivity contribution in [2.75, 3.05) is 7.11 Å². The van der Waals surface area contributed by atoms with Gasteiger partial charge in [0.15, 0.2) is 0 Å². The summed E-state index contributed by atoms with van der Waals surface area (Å²) >= 11 is 0. The van der Waals surface area contributed by atoms with Crippen LogP contribution in [0.4, 0.5) is 0 Å². The van der Waals surface area contributed by atoms with Crippen molar-refractivity contribution in [1.82, 2.24) is 0 Å². The first-order valence-corrected chi connectivity index (χ1v) is 4.67. The number of ether oxygens (including phenoxy) is 1. The van der Waals surface area contributed by atoms with E-state index in [9.17, 15) is 9.90 Å². The van der Waals surface area contributed by atoms with E-state index in [2.05, 4.69) is 0 Å². The van der Waals surface area contributed by atoms with Crippen molar-refractivity contribution in [2.45, 2.75) is 18.9 Å². The van der Waals surface area contributed by atoms with Crippen LogP contribution in [-0.4, -0.2) is 24.5 Å². The number of hydrogen-bond donors (Lipinski definition) is 2. The lowest BCUT2D eigenvalue weighted by atomic mass is 9.94. The third-order valence-electron chi connectivity index (χ3n) is 2.25. The van der Waals surface area contributed by atoms with Crippen molar-refractivity contribution in [2.24, 2.45) is 5.73 Å². The highest BCUT2D eigenvalue weighted by molar-refractivity contribution is 5.64. The predicted molar refractivity (Wildman–Crippen MR) is 57.1 cm³/mol. The van der Waals surface area contributed by atoms with Gasteiger partial charge >= 0.3 is 0 Å². The van der Waals surface area contributed by atoms with Gasteiger partial charge in [-0.15, -0.1) is 0 Å². The van der Waals surface area contributed by atoms with Crippen LogP contribution in [0.2, 0.25) is 0 Å². The second kappa shape index (κ2) is 4.79. The minimum Gasteiger partial charge on any atom is -0.508 e. The first kappa shape index (κ1) is 11.5. The Hall–Kier alpha value is -1.55. The van der Waals surface area contributed by atoms with E-state index < -0.39 is 5.92 Å². The molecule has 1 aromatic rings. The minimum absolute atomic E-state index is 0.0665. The highest BCUT2D eigenvalue weighted by Gasteiger charge is 2.16. The van der Waals surface area contributed by atoms with Crippen LogP contribution in [0, 0.1) is 0 Å². The summed E-state index contributed by atoms with van der Waals surface area (Å²) in [4.78, 5) is 10.9. The molecule has 2 atom stereocenters. The molecule has 0 aliphatic rings. The summed E-state index contributed by atoms with van der Waals surface area (Å²) in [5, 5.41) is 9.41. The fraction of sp³-hybridized carbons (Fsp3) is 0.364. The zero-order valence-corrected chi connectivity index (χ0v) is 8.81. The molecule has 0 heterocycles. The maximum absolute atomic E-state index is 10.9. The standard InChI is InChI=1S/C11H15NO3/c1-7(12)11(6-13)8-3-9(14)5-10(4-8)15-2/h3-7,11,14H,12H2,1-2H3. The summed E-state index contributed by atoms with van der Waals surface area (Å²) in [5.74, 6) is 0.153. The maximum Gasteiger partial charge on any atom is 0.129 e. The van der Waals surface area contributed by atoms with Gasteiger partial charge in [-0.2, -0.15) is 0 Å². The number of hydrogen-bond acceptors (Lipinski definition) is 4. The number of methoxy groups -OCH3 is 1. The van der Waals surface area contributed by atoms with Crippen LogP contribution >= 0.6 is 0 Å². The molecule has 0 amide bonds. The van der Waals surface area contributed by atoms with Crippen molar-refractivity contribution in [3.63, 3.8) is 0 Å². The van der Waals surface area contributed by atoms with Crippen molar-refractivity contribution in [3.05, 3.63) is 23.8 Å². The van der Waals surface area contributed by atoms with Gasteiger partial charge in [-0.1, -0.05) is 0 Å². The lowest BCUT2D eigenvalue weighted by Crippen LogP contribution is -2.25. The van der Waals surface area contributed by atoms with Crippen molar-refractivity contribution in [3.8, 4) is 11.5 Å². The second-order valence-electron chi connectivity index (χ2n) is 3.49. The van der Waals surface area contributed by atoms with E-state index in [1.54, 1.807) is 13.0 Å². The molecule has 0 aromatic heterocycles. The molecular weight excluding hydrogens is 194 g/mol. The molecule has 4 nitrogen and oxygen atoms in total. The van der Waals surface area contributed by atoms with E-state index in [0.717, 1.165) is 6.29 Å². The number of aromatic hydroxyl groups is 1. The van der Waals surface area contributed by atoms with Crippen molar-refractivity contribution in [1.29, 1.82) is 0 Å². The highest BCUT2D eigenvalue weighted by Crippen LogP contribution is 2.27. The van der Waals surface area contributed by atoms with Gasteiger partial charge in [0.1, 0.15) is 17.8 Å². The number of nitrogens with two attached hydrogens (primary N) is 1. The second-order valence-corrected chi connectivity index (χ2v) is 3.49. The molecule has 0 saturated heterocycles. The quantitative estimate of drug-likeness (QED) is 0.726. The summed E-state index contributed by atoms with van der Waals surface area (Å²) in [6.45, 7) is 1.75. The molecule has 0 aliphatic carbocycles. The fourth-order valence-electron chi connectivity index (χ4n) is 1.42. The first-order valence-electron chi connectivity index (χ1n) is 4.67. The normalized spacial score (nSPS) is 14.3. The van der Waals surface area contributed by atoms with E-state index in [1.165, 1.54) is 19.2 Å². The van der Waals surface area contributed by atoms with Gasteiger partial charge in [0.25, 0.3) is 0 Å². The molecular formula is C11H15NO3. The fourth-order valence-corrected chi connectivity index (χ4v) is 1.42.